The van der Waals surface area contributed by atoms with Gasteiger partial charge < -0.3 is 14.5 Å². The van der Waals surface area contributed by atoms with E-state index in [4.69, 9.17) is 4.74 Å². The maximum atomic E-state index is 6.04. The van der Waals surface area contributed by atoms with Gasteiger partial charge >= 0.3 is 0 Å². The smallest absolute Gasteiger partial charge is 0.119 e. The van der Waals surface area contributed by atoms with E-state index in [-0.39, 0.29) is 0 Å². The minimum Gasteiger partial charge on any atom is -0.494 e. The highest BCUT2D eigenvalue weighted by molar-refractivity contribution is 5.68. The second-order valence-electron chi connectivity index (χ2n) is 9.62. The van der Waals surface area contributed by atoms with Crippen LogP contribution in [0.3, 0.4) is 0 Å². The summed E-state index contributed by atoms with van der Waals surface area (Å²) in [6.45, 7) is 11.6. The van der Waals surface area contributed by atoms with Crippen molar-refractivity contribution < 1.29 is 4.74 Å². The predicted molar refractivity (Wildman–Crippen MR) is 131 cm³/mol. The Labute approximate surface area is 189 Å². The first-order valence-electron chi connectivity index (χ1n) is 12.5. The first-order valence-corrected chi connectivity index (χ1v) is 12.5. The Morgan fingerprint density at radius 3 is 2.29 bits per heavy atom. The van der Waals surface area contributed by atoms with Gasteiger partial charge in [-0.05, 0) is 107 Å². The summed E-state index contributed by atoms with van der Waals surface area (Å²) in [4.78, 5) is 5.19. The summed E-state index contributed by atoms with van der Waals surface area (Å²) >= 11 is 0. The molecule has 0 radical (unpaired) electrons. The number of hydrogen-bond acceptors (Lipinski definition) is 3. The Morgan fingerprint density at radius 1 is 0.871 bits per heavy atom. The summed E-state index contributed by atoms with van der Waals surface area (Å²) in [6.07, 6.45) is 7.75. The summed E-state index contributed by atoms with van der Waals surface area (Å²) in [5.74, 6) is 1.65. The van der Waals surface area contributed by atoms with Crippen LogP contribution in [0.5, 0.6) is 5.75 Å². The molecule has 4 rings (SSSR count). The lowest BCUT2D eigenvalue weighted by atomic mass is 9.84. The van der Waals surface area contributed by atoms with Crippen molar-refractivity contribution in [2.45, 2.75) is 64.3 Å². The molecular formula is C28H40N2O. The molecule has 0 aliphatic carbocycles. The molecule has 0 spiro atoms. The van der Waals surface area contributed by atoms with Crippen molar-refractivity contribution in [1.29, 1.82) is 0 Å². The molecule has 2 saturated heterocycles. The van der Waals surface area contributed by atoms with Gasteiger partial charge in [0.1, 0.15) is 5.75 Å². The lowest BCUT2D eigenvalue weighted by Crippen LogP contribution is -2.37. The van der Waals surface area contributed by atoms with Crippen LogP contribution in [0.2, 0.25) is 0 Å². The van der Waals surface area contributed by atoms with Crippen molar-refractivity contribution in [2.75, 3.05) is 39.3 Å². The Kier molecular flexibility index (Phi) is 8.04. The molecule has 168 valence electrons. The van der Waals surface area contributed by atoms with E-state index in [0.717, 1.165) is 18.8 Å². The number of rotatable bonds is 8. The van der Waals surface area contributed by atoms with Gasteiger partial charge in [0.05, 0.1) is 6.61 Å². The van der Waals surface area contributed by atoms with Crippen LogP contribution in [0.25, 0.3) is 11.1 Å². The average molecular weight is 421 g/mol. The topological polar surface area (TPSA) is 15.7 Å². The summed E-state index contributed by atoms with van der Waals surface area (Å²) in [7, 11) is 0. The van der Waals surface area contributed by atoms with Crippen LogP contribution in [-0.4, -0.2) is 55.2 Å². The fourth-order valence-electron chi connectivity index (χ4n) is 5.23. The van der Waals surface area contributed by atoms with E-state index in [1.165, 1.54) is 81.5 Å². The van der Waals surface area contributed by atoms with Gasteiger partial charge in [0.2, 0.25) is 0 Å². The van der Waals surface area contributed by atoms with Crippen molar-refractivity contribution in [2.24, 2.45) is 0 Å². The molecule has 0 aromatic heterocycles. The molecule has 31 heavy (non-hydrogen) atoms. The predicted octanol–water partition coefficient (Wildman–Crippen LogP) is 6.20. The monoisotopic (exact) mass is 420 g/mol. The summed E-state index contributed by atoms with van der Waals surface area (Å²) in [6, 6.07) is 18.4. The lowest BCUT2D eigenvalue weighted by Gasteiger charge is -2.35. The molecule has 2 aliphatic rings. The second kappa shape index (κ2) is 11.2. The van der Waals surface area contributed by atoms with E-state index < -0.39 is 0 Å². The maximum absolute atomic E-state index is 6.04. The molecule has 0 bridgehead atoms. The standard InChI is InChI=1S/C28H40N2O/c1-23(2)30-20-15-25(16-21-30)28-10-5-4-9-27(28)24-11-13-26(14-12-24)31-22-8-19-29-17-6-3-7-18-29/h4-5,9-14,23,25H,3,6-8,15-22H2,1-2H3. The van der Waals surface area contributed by atoms with Crippen molar-refractivity contribution in [1.82, 2.24) is 9.80 Å². The maximum Gasteiger partial charge on any atom is 0.119 e. The Morgan fingerprint density at radius 2 is 1.58 bits per heavy atom. The van der Waals surface area contributed by atoms with Crippen molar-refractivity contribution in [3.05, 3.63) is 54.1 Å². The van der Waals surface area contributed by atoms with Gasteiger partial charge in [-0.2, -0.15) is 0 Å². The molecule has 2 aliphatic heterocycles. The van der Waals surface area contributed by atoms with Gasteiger partial charge in [-0.15, -0.1) is 0 Å². The molecule has 0 atom stereocenters. The number of benzene rings is 2. The number of nitrogens with zero attached hydrogens (tertiary/aromatic N) is 2. The molecular weight excluding hydrogens is 380 g/mol. The van der Waals surface area contributed by atoms with E-state index in [9.17, 15) is 0 Å². The molecule has 0 saturated carbocycles. The van der Waals surface area contributed by atoms with Crippen LogP contribution in [0.4, 0.5) is 0 Å². The van der Waals surface area contributed by atoms with Crippen LogP contribution >= 0.6 is 0 Å². The highest BCUT2D eigenvalue weighted by Crippen LogP contribution is 2.36. The number of hydrogen-bond donors (Lipinski definition) is 0. The minimum absolute atomic E-state index is 0.656. The zero-order chi connectivity index (χ0) is 21.5. The van der Waals surface area contributed by atoms with Crippen LogP contribution < -0.4 is 4.74 Å². The van der Waals surface area contributed by atoms with E-state index >= 15 is 0 Å². The van der Waals surface area contributed by atoms with E-state index in [2.05, 4.69) is 72.2 Å². The number of piperidine rings is 2. The molecule has 0 amide bonds. The van der Waals surface area contributed by atoms with Gasteiger partial charge in [0.25, 0.3) is 0 Å². The van der Waals surface area contributed by atoms with Crippen LogP contribution in [-0.2, 0) is 0 Å². The Hall–Kier alpha value is -1.84. The van der Waals surface area contributed by atoms with Gasteiger partial charge in [0, 0.05) is 12.6 Å². The fourth-order valence-corrected chi connectivity index (χ4v) is 5.23. The third-order valence-electron chi connectivity index (χ3n) is 7.16. The zero-order valence-electron chi connectivity index (χ0n) is 19.6. The highest BCUT2D eigenvalue weighted by atomic mass is 16.5. The number of likely N-dealkylation sites (tertiary alicyclic amines) is 2. The van der Waals surface area contributed by atoms with Crippen molar-refractivity contribution in [3.8, 4) is 16.9 Å². The van der Waals surface area contributed by atoms with E-state index in [0.29, 0.717) is 12.0 Å². The minimum atomic E-state index is 0.656. The van der Waals surface area contributed by atoms with Gasteiger partial charge in [-0.1, -0.05) is 42.8 Å². The average Bonchev–Trinajstić information content (AvgIpc) is 2.83. The molecule has 3 heteroatoms. The largest absolute Gasteiger partial charge is 0.494 e. The highest BCUT2D eigenvalue weighted by Gasteiger charge is 2.23. The van der Waals surface area contributed by atoms with Crippen LogP contribution in [0.1, 0.15) is 63.9 Å². The lowest BCUT2D eigenvalue weighted by molar-refractivity contribution is 0.172. The molecule has 2 aromatic carbocycles. The molecule has 0 unspecified atom stereocenters. The number of ether oxygens (including phenoxy) is 1. The molecule has 2 heterocycles. The zero-order valence-corrected chi connectivity index (χ0v) is 19.6. The first kappa shape index (κ1) is 22.4. The molecule has 2 aromatic rings. The van der Waals surface area contributed by atoms with E-state index in [1.807, 2.05) is 0 Å². The molecule has 2 fully saturated rings. The third kappa shape index (κ3) is 6.11. The summed E-state index contributed by atoms with van der Waals surface area (Å²) in [5.41, 5.74) is 4.21. The summed E-state index contributed by atoms with van der Waals surface area (Å²) < 4.78 is 6.04. The quantitative estimate of drug-likeness (QED) is 0.473. The van der Waals surface area contributed by atoms with Gasteiger partial charge in [0.15, 0.2) is 0 Å². The van der Waals surface area contributed by atoms with E-state index in [1.54, 1.807) is 0 Å². The van der Waals surface area contributed by atoms with Gasteiger partial charge in [-0.25, -0.2) is 0 Å². The van der Waals surface area contributed by atoms with Crippen LogP contribution in [0.15, 0.2) is 48.5 Å². The fraction of sp³-hybridized carbons (Fsp3) is 0.571. The molecule has 0 N–H and O–H groups in total. The van der Waals surface area contributed by atoms with Crippen LogP contribution in [0, 0.1) is 0 Å². The Balaban J connectivity index is 1.32. The second-order valence-corrected chi connectivity index (χ2v) is 9.62. The van der Waals surface area contributed by atoms with Gasteiger partial charge in [-0.3, -0.25) is 0 Å². The first-order chi connectivity index (χ1) is 15.2. The van der Waals surface area contributed by atoms with Crippen molar-refractivity contribution in [3.63, 3.8) is 0 Å². The van der Waals surface area contributed by atoms with Crippen molar-refractivity contribution >= 4 is 0 Å². The molecule has 3 nitrogen and oxygen atoms in total. The Bertz CT molecular complexity index is 787. The normalized spacial score (nSPS) is 19.1. The SMILES string of the molecule is CC(C)N1CCC(c2ccccc2-c2ccc(OCCCN3CCCCC3)cc2)CC1. The summed E-state index contributed by atoms with van der Waals surface area (Å²) in [5, 5.41) is 0. The third-order valence-corrected chi connectivity index (χ3v) is 7.16.